The van der Waals surface area contributed by atoms with E-state index in [-0.39, 0.29) is 0 Å². The van der Waals surface area contributed by atoms with Crippen molar-refractivity contribution in [2.24, 2.45) is 10.9 Å². The smallest absolute Gasteiger partial charge is 0.193 e. The average Bonchev–Trinajstić information content (AvgIpc) is 3.44. The van der Waals surface area contributed by atoms with Crippen molar-refractivity contribution in [3.05, 3.63) is 40.4 Å². The molecule has 0 aromatic carbocycles. The normalized spacial score (nSPS) is 24.8. The van der Waals surface area contributed by atoms with Crippen LogP contribution in [0.1, 0.15) is 29.5 Å². The molecule has 1 N–H and O–H groups in total. The van der Waals surface area contributed by atoms with Crippen LogP contribution in [-0.2, 0) is 6.54 Å². The van der Waals surface area contributed by atoms with E-state index in [4.69, 9.17) is 4.52 Å². The third-order valence-electron chi connectivity index (χ3n) is 6.12. The number of piperidine rings is 1. The summed E-state index contributed by atoms with van der Waals surface area (Å²) in [5.74, 6) is 1.64. The minimum Gasteiger partial charge on any atom is -0.364 e. The van der Waals surface area contributed by atoms with E-state index in [9.17, 15) is 0 Å². The first kappa shape index (κ1) is 20.4. The van der Waals surface area contributed by atoms with E-state index in [1.807, 2.05) is 24.5 Å². The van der Waals surface area contributed by atoms with Gasteiger partial charge in [0.25, 0.3) is 0 Å². The van der Waals surface area contributed by atoms with Gasteiger partial charge in [0.2, 0.25) is 0 Å². The van der Waals surface area contributed by atoms with Gasteiger partial charge in [0.15, 0.2) is 5.96 Å². The van der Waals surface area contributed by atoms with Gasteiger partial charge >= 0.3 is 0 Å². The van der Waals surface area contributed by atoms with Crippen molar-refractivity contribution in [2.75, 3.05) is 53.4 Å². The maximum Gasteiger partial charge on any atom is 0.193 e. The predicted molar refractivity (Wildman–Crippen MR) is 117 cm³/mol. The van der Waals surface area contributed by atoms with E-state index in [0.717, 1.165) is 50.9 Å². The summed E-state index contributed by atoms with van der Waals surface area (Å²) in [4.78, 5) is 13.4. The lowest BCUT2D eigenvalue weighted by atomic mass is 9.88. The zero-order chi connectivity index (χ0) is 20.1. The summed E-state index contributed by atoms with van der Waals surface area (Å²) >= 11 is 1.88. The second-order valence-corrected chi connectivity index (χ2v) is 9.00. The first-order chi connectivity index (χ1) is 14.2. The van der Waals surface area contributed by atoms with Gasteiger partial charge < -0.3 is 14.7 Å². The maximum atomic E-state index is 4.95. The highest BCUT2D eigenvalue weighted by Gasteiger charge is 2.31. The summed E-state index contributed by atoms with van der Waals surface area (Å²) in [6.07, 6.45) is 4.18. The van der Waals surface area contributed by atoms with Crippen molar-refractivity contribution in [3.8, 4) is 0 Å². The lowest BCUT2D eigenvalue weighted by molar-refractivity contribution is 0.123. The molecule has 158 valence electrons. The molecular weight excluding hydrogens is 384 g/mol. The molecule has 0 saturated carbocycles. The van der Waals surface area contributed by atoms with Gasteiger partial charge in [0.05, 0.1) is 5.69 Å². The molecule has 4 rings (SSSR count). The summed E-state index contributed by atoms with van der Waals surface area (Å²) in [5, 5.41) is 9.91. The van der Waals surface area contributed by atoms with Crippen LogP contribution in [-0.4, -0.2) is 79.2 Å². The summed E-state index contributed by atoms with van der Waals surface area (Å²) in [6, 6.07) is 6.91. The first-order valence-corrected chi connectivity index (χ1v) is 11.4. The van der Waals surface area contributed by atoms with Gasteiger partial charge in [-0.05, 0) is 43.8 Å². The predicted octanol–water partition coefficient (Wildman–Crippen LogP) is 2.51. The van der Waals surface area contributed by atoms with Crippen molar-refractivity contribution in [1.82, 2.24) is 25.2 Å². The second-order valence-electron chi connectivity index (χ2n) is 8.03. The Kier molecular flexibility index (Phi) is 6.84. The van der Waals surface area contributed by atoms with Gasteiger partial charge in [-0.2, -0.15) is 0 Å². The minimum atomic E-state index is 0.508. The largest absolute Gasteiger partial charge is 0.364 e. The molecule has 0 radical (unpaired) electrons. The van der Waals surface area contributed by atoms with Crippen LogP contribution in [0, 0.1) is 5.92 Å². The molecule has 2 atom stereocenters. The summed E-state index contributed by atoms with van der Waals surface area (Å²) in [5.41, 5.74) is 1.00. The molecule has 0 bridgehead atoms. The molecule has 2 aromatic heterocycles. The van der Waals surface area contributed by atoms with Crippen LogP contribution in [0.2, 0.25) is 0 Å². The van der Waals surface area contributed by atoms with Crippen molar-refractivity contribution < 1.29 is 4.52 Å². The van der Waals surface area contributed by atoms with Crippen molar-refractivity contribution in [1.29, 1.82) is 0 Å². The zero-order valence-electron chi connectivity index (χ0n) is 17.5. The molecular formula is C21H32N6OS. The van der Waals surface area contributed by atoms with Crippen molar-refractivity contribution >= 4 is 17.3 Å². The molecule has 8 heteroatoms. The highest BCUT2D eigenvalue weighted by molar-refractivity contribution is 7.10. The number of rotatable bonds is 5. The highest BCUT2D eigenvalue weighted by atomic mass is 32.1. The molecule has 29 heavy (non-hydrogen) atoms. The van der Waals surface area contributed by atoms with Crippen LogP contribution in [0.4, 0.5) is 0 Å². The van der Waals surface area contributed by atoms with E-state index in [1.54, 1.807) is 6.26 Å². The van der Waals surface area contributed by atoms with Gasteiger partial charge in [-0.25, -0.2) is 0 Å². The SMILES string of the molecule is CN=C(NCC1CCCN(C)C1c1cccs1)N1CCN(Cc2ccon2)CC1. The van der Waals surface area contributed by atoms with Gasteiger partial charge in [-0.1, -0.05) is 11.2 Å². The molecule has 0 aliphatic carbocycles. The molecule has 0 spiro atoms. The van der Waals surface area contributed by atoms with E-state index < -0.39 is 0 Å². The van der Waals surface area contributed by atoms with Crippen LogP contribution in [0.25, 0.3) is 0 Å². The van der Waals surface area contributed by atoms with E-state index in [1.165, 1.54) is 24.3 Å². The Morgan fingerprint density at radius 2 is 2.14 bits per heavy atom. The molecule has 2 saturated heterocycles. The Morgan fingerprint density at radius 3 is 2.83 bits per heavy atom. The lowest BCUT2D eigenvalue weighted by Gasteiger charge is -2.40. The number of likely N-dealkylation sites (tertiary alicyclic amines) is 1. The van der Waals surface area contributed by atoms with Gasteiger partial charge in [0, 0.05) is 63.3 Å². The Balaban J connectivity index is 1.30. The van der Waals surface area contributed by atoms with Crippen molar-refractivity contribution in [2.45, 2.75) is 25.4 Å². The number of piperazine rings is 1. The average molecular weight is 417 g/mol. The van der Waals surface area contributed by atoms with Gasteiger partial charge in [0.1, 0.15) is 6.26 Å². The molecule has 7 nitrogen and oxygen atoms in total. The monoisotopic (exact) mass is 416 g/mol. The second kappa shape index (κ2) is 9.73. The number of nitrogens with one attached hydrogen (secondary N) is 1. The number of guanidine groups is 1. The first-order valence-electron chi connectivity index (χ1n) is 10.6. The Labute approximate surface area is 177 Å². The molecule has 2 aliphatic heterocycles. The summed E-state index contributed by atoms with van der Waals surface area (Å²) in [7, 11) is 4.16. The maximum absolute atomic E-state index is 4.95. The quantitative estimate of drug-likeness (QED) is 0.597. The molecule has 2 fully saturated rings. The Bertz CT molecular complexity index is 754. The fourth-order valence-corrected chi connectivity index (χ4v) is 5.59. The van der Waals surface area contributed by atoms with Crippen LogP contribution in [0.5, 0.6) is 0 Å². The number of hydrogen-bond acceptors (Lipinski definition) is 6. The number of hydrogen-bond donors (Lipinski definition) is 1. The lowest BCUT2D eigenvalue weighted by Crippen LogP contribution is -2.53. The van der Waals surface area contributed by atoms with Crippen LogP contribution >= 0.6 is 11.3 Å². The molecule has 2 aliphatic rings. The molecule has 4 heterocycles. The molecule has 2 aromatic rings. The van der Waals surface area contributed by atoms with Crippen LogP contribution in [0.15, 0.2) is 39.4 Å². The molecule has 2 unspecified atom stereocenters. The summed E-state index contributed by atoms with van der Waals surface area (Å²) < 4.78 is 4.95. The summed E-state index contributed by atoms with van der Waals surface area (Å²) in [6.45, 7) is 7.00. The van der Waals surface area contributed by atoms with E-state index in [2.05, 4.69) is 54.7 Å². The topological polar surface area (TPSA) is 60.1 Å². The Hall–Kier alpha value is -1.90. The fourth-order valence-electron chi connectivity index (χ4n) is 4.60. The van der Waals surface area contributed by atoms with E-state index in [0.29, 0.717) is 12.0 Å². The van der Waals surface area contributed by atoms with Crippen molar-refractivity contribution in [3.63, 3.8) is 0 Å². The number of aliphatic imine (C=N–C) groups is 1. The number of aromatic nitrogens is 1. The van der Waals surface area contributed by atoms with Crippen LogP contribution < -0.4 is 5.32 Å². The van der Waals surface area contributed by atoms with E-state index >= 15 is 0 Å². The van der Waals surface area contributed by atoms with Gasteiger partial charge in [-0.3, -0.25) is 14.8 Å². The van der Waals surface area contributed by atoms with Gasteiger partial charge in [-0.15, -0.1) is 11.3 Å². The minimum absolute atomic E-state index is 0.508. The number of nitrogens with zero attached hydrogens (tertiary/aromatic N) is 5. The third kappa shape index (κ3) is 4.99. The van der Waals surface area contributed by atoms with Crippen LogP contribution in [0.3, 0.4) is 0 Å². The zero-order valence-corrected chi connectivity index (χ0v) is 18.3. The fraction of sp³-hybridized carbons (Fsp3) is 0.619. The highest BCUT2D eigenvalue weighted by Crippen LogP contribution is 2.36. The Morgan fingerprint density at radius 1 is 1.28 bits per heavy atom. The molecule has 0 amide bonds. The third-order valence-corrected chi connectivity index (χ3v) is 7.07. The standard InChI is InChI=1S/C21H32N6OS/c1-22-21(27-11-9-26(10-12-27)16-18-7-13-28-24-18)23-15-17-5-3-8-25(2)20(17)19-6-4-14-29-19/h4,6-7,13-14,17,20H,3,5,8-12,15-16H2,1-2H3,(H,22,23). The number of thiophene rings is 1.